The summed E-state index contributed by atoms with van der Waals surface area (Å²) in [6.07, 6.45) is 1.52. The number of nitrogen functional groups attached to an aromatic ring is 1. The van der Waals surface area contributed by atoms with E-state index in [4.69, 9.17) is 11.3 Å². The smallest absolute Gasteiger partial charge is 0.136 e. The quantitative estimate of drug-likeness (QED) is 0.384. The zero-order valence-corrected chi connectivity index (χ0v) is 5.68. The van der Waals surface area contributed by atoms with Crippen LogP contribution in [0.15, 0.2) is 17.4 Å². The third-order valence-corrected chi connectivity index (χ3v) is 1.00. The second-order valence-corrected chi connectivity index (χ2v) is 1.79. The van der Waals surface area contributed by atoms with Gasteiger partial charge >= 0.3 is 0 Å². The fourth-order valence-corrected chi connectivity index (χ4v) is 0.586. The molecule has 0 aromatic carbocycles. The molecule has 11 heavy (non-hydrogen) atoms. The molecule has 0 radical (unpaired) electrons. The number of hydrogen-bond acceptors (Lipinski definition) is 4. The molecular formula is C5H6N6. The molecular weight excluding hydrogens is 144 g/mol. The van der Waals surface area contributed by atoms with Crippen molar-refractivity contribution >= 4 is 5.82 Å². The summed E-state index contributed by atoms with van der Waals surface area (Å²) < 4.78 is 0. The Hall–Kier alpha value is -1.81. The third-order valence-electron chi connectivity index (χ3n) is 1.00. The van der Waals surface area contributed by atoms with Crippen molar-refractivity contribution in [3.05, 3.63) is 28.5 Å². The molecule has 0 aliphatic rings. The molecule has 2 N–H and O–H groups in total. The third kappa shape index (κ3) is 2.11. The second kappa shape index (κ2) is 3.38. The van der Waals surface area contributed by atoms with Crippen molar-refractivity contribution in [2.24, 2.45) is 5.11 Å². The molecule has 0 spiro atoms. The van der Waals surface area contributed by atoms with Crippen LogP contribution in [0.2, 0.25) is 0 Å². The maximum Gasteiger partial charge on any atom is 0.136 e. The highest BCUT2D eigenvalue weighted by Crippen LogP contribution is 1.96. The van der Waals surface area contributed by atoms with E-state index in [1.54, 1.807) is 6.07 Å². The normalized spacial score (nSPS) is 8.73. The van der Waals surface area contributed by atoms with Gasteiger partial charge in [-0.15, -0.1) is 0 Å². The van der Waals surface area contributed by atoms with Crippen LogP contribution in [-0.2, 0) is 6.54 Å². The van der Waals surface area contributed by atoms with E-state index in [9.17, 15) is 0 Å². The molecule has 6 heteroatoms. The first-order chi connectivity index (χ1) is 5.33. The van der Waals surface area contributed by atoms with Crippen molar-refractivity contribution in [1.82, 2.24) is 9.97 Å². The highest BCUT2D eigenvalue weighted by molar-refractivity contribution is 5.24. The van der Waals surface area contributed by atoms with Crippen LogP contribution in [0, 0.1) is 0 Å². The Bertz CT molecular complexity index is 289. The van der Waals surface area contributed by atoms with Gasteiger partial charge < -0.3 is 5.73 Å². The van der Waals surface area contributed by atoms with Crippen LogP contribution in [0.25, 0.3) is 10.4 Å². The number of nitrogens with zero attached hydrogens (tertiary/aromatic N) is 5. The zero-order valence-electron chi connectivity index (χ0n) is 5.68. The van der Waals surface area contributed by atoms with Crippen LogP contribution in [0.4, 0.5) is 5.82 Å². The van der Waals surface area contributed by atoms with Gasteiger partial charge in [-0.2, -0.15) is 0 Å². The molecule has 0 amide bonds. The van der Waals surface area contributed by atoms with Gasteiger partial charge in [0.05, 0.1) is 6.54 Å². The molecule has 0 saturated heterocycles. The lowest BCUT2D eigenvalue weighted by Crippen LogP contribution is -1.96. The van der Waals surface area contributed by atoms with Gasteiger partial charge in [-0.05, 0) is 11.6 Å². The van der Waals surface area contributed by atoms with Gasteiger partial charge in [-0.3, -0.25) is 0 Å². The predicted molar refractivity (Wildman–Crippen MR) is 39.3 cm³/mol. The molecule has 56 valence electrons. The van der Waals surface area contributed by atoms with Crippen molar-refractivity contribution in [2.75, 3.05) is 5.73 Å². The van der Waals surface area contributed by atoms with Crippen molar-refractivity contribution < 1.29 is 0 Å². The average molecular weight is 150 g/mol. The summed E-state index contributed by atoms with van der Waals surface area (Å²) in [4.78, 5) is 10.2. The van der Waals surface area contributed by atoms with Crippen LogP contribution in [0.5, 0.6) is 0 Å². The summed E-state index contributed by atoms with van der Waals surface area (Å²) >= 11 is 0. The molecule has 0 unspecified atom stereocenters. The van der Waals surface area contributed by atoms with Crippen molar-refractivity contribution in [2.45, 2.75) is 6.54 Å². The van der Waals surface area contributed by atoms with Gasteiger partial charge in [-0.1, -0.05) is 5.11 Å². The molecule has 0 aliphatic heterocycles. The molecule has 1 aromatic heterocycles. The highest BCUT2D eigenvalue weighted by Gasteiger charge is 1.92. The Morgan fingerprint density at radius 3 is 3.18 bits per heavy atom. The Kier molecular flexibility index (Phi) is 2.24. The summed E-state index contributed by atoms with van der Waals surface area (Å²) in [6, 6.07) is 1.57. The molecule has 6 nitrogen and oxygen atoms in total. The van der Waals surface area contributed by atoms with Crippen molar-refractivity contribution in [1.29, 1.82) is 0 Å². The van der Waals surface area contributed by atoms with Gasteiger partial charge in [0.2, 0.25) is 0 Å². The minimum absolute atomic E-state index is 0.140. The van der Waals surface area contributed by atoms with E-state index in [-0.39, 0.29) is 6.54 Å². The number of azide groups is 1. The van der Waals surface area contributed by atoms with Gasteiger partial charge in [0.25, 0.3) is 0 Å². The van der Waals surface area contributed by atoms with Crippen LogP contribution >= 0.6 is 0 Å². The van der Waals surface area contributed by atoms with E-state index in [2.05, 4.69) is 20.0 Å². The molecule has 0 aliphatic carbocycles. The van der Waals surface area contributed by atoms with Gasteiger partial charge in [0.1, 0.15) is 11.6 Å². The first-order valence-corrected chi connectivity index (χ1v) is 2.91. The average Bonchev–Trinajstić information content (AvgIpc) is 2.01. The summed E-state index contributed by atoms with van der Waals surface area (Å²) in [5.41, 5.74) is 13.3. The Morgan fingerprint density at radius 1 is 1.73 bits per heavy atom. The van der Waals surface area contributed by atoms with E-state index in [0.29, 0.717) is 11.6 Å². The van der Waals surface area contributed by atoms with Crippen molar-refractivity contribution in [3.8, 4) is 0 Å². The van der Waals surface area contributed by atoms with Gasteiger partial charge in [0.15, 0.2) is 0 Å². The maximum absolute atomic E-state index is 7.97. The summed E-state index contributed by atoms with van der Waals surface area (Å²) in [7, 11) is 0. The highest BCUT2D eigenvalue weighted by atomic mass is 15.1. The van der Waals surface area contributed by atoms with E-state index < -0.39 is 0 Å². The molecule has 0 saturated carbocycles. The van der Waals surface area contributed by atoms with Gasteiger partial charge in [-0.25, -0.2) is 9.97 Å². The molecule has 0 bridgehead atoms. The number of rotatable bonds is 2. The van der Waals surface area contributed by atoms with Crippen LogP contribution in [-0.4, -0.2) is 9.97 Å². The Balaban J connectivity index is 2.79. The van der Waals surface area contributed by atoms with Crippen LogP contribution in [0.1, 0.15) is 5.82 Å². The number of anilines is 1. The van der Waals surface area contributed by atoms with Crippen LogP contribution < -0.4 is 5.73 Å². The minimum Gasteiger partial charge on any atom is -0.384 e. The Labute approximate surface area is 62.7 Å². The zero-order chi connectivity index (χ0) is 8.10. The number of hydrogen-bond donors (Lipinski definition) is 1. The SMILES string of the molecule is [N-]=[N+]=NCc1nccc(N)n1. The lowest BCUT2D eigenvalue weighted by atomic mass is 10.5. The summed E-state index contributed by atoms with van der Waals surface area (Å²) in [6.45, 7) is 0.140. The van der Waals surface area contributed by atoms with E-state index >= 15 is 0 Å². The second-order valence-electron chi connectivity index (χ2n) is 1.79. The summed E-state index contributed by atoms with van der Waals surface area (Å²) in [5.74, 6) is 0.811. The van der Waals surface area contributed by atoms with E-state index in [1.165, 1.54) is 6.20 Å². The predicted octanol–water partition coefficient (Wildman–Crippen LogP) is 0.869. The maximum atomic E-state index is 7.97. The number of nitrogens with two attached hydrogens (primary N) is 1. The molecule has 0 atom stereocenters. The van der Waals surface area contributed by atoms with Crippen molar-refractivity contribution in [3.63, 3.8) is 0 Å². The largest absolute Gasteiger partial charge is 0.384 e. The number of aromatic nitrogens is 2. The first kappa shape index (κ1) is 7.30. The summed E-state index contributed by atoms with van der Waals surface area (Å²) in [5, 5.41) is 3.28. The minimum atomic E-state index is 0.140. The monoisotopic (exact) mass is 150 g/mol. The van der Waals surface area contributed by atoms with E-state index in [1.807, 2.05) is 0 Å². The lowest BCUT2D eigenvalue weighted by molar-refractivity contribution is 0.904. The molecule has 0 fully saturated rings. The first-order valence-electron chi connectivity index (χ1n) is 2.91. The topological polar surface area (TPSA) is 101 Å². The fourth-order valence-electron chi connectivity index (χ4n) is 0.586. The standard InChI is InChI=1S/C5H6N6/c6-4-1-2-8-5(10-4)3-9-11-7/h1-2H,3H2,(H2,6,8,10). The Morgan fingerprint density at radius 2 is 2.55 bits per heavy atom. The molecule has 1 aromatic rings. The molecule has 1 rings (SSSR count). The lowest BCUT2D eigenvalue weighted by Gasteiger charge is -1.93. The van der Waals surface area contributed by atoms with Gasteiger partial charge in [0, 0.05) is 11.1 Å². The van der Waals surface area contributed by atoms with Crippen LogP contribution in [0.3, 0.4) is 0 Å². The molecule has 1 heterocycles. The van der Waals surface area contributed by atoms with E-state index in [0.717, 1.165) is 0 Å². The fraction of sp³-hybridized carbons (Fsp3) is 0.200.